The van der Waals surface area contributed by atoms with E-state index in [4.69, 9.17) is 17.2 Å². The number of benzene rings is 2. The Hall–Kier alpha value is -12.5. The van der Waals surface area contributed by atoms with Crippen LogP contribution in [-0.2, 0) is 0 Å². The molecular formula is C89H106FN25. The molecule has 1 saturated heterocycles. The van der Waals surface area contributed by atoms with Crippen molar-refractivity contribution in [1.29, 1.82) is 0 Å². The Labute approximate surface area is 675 Å². The van der Waals surface area contributed by atoms with Crippen LogP contribution in [0, 0.1) is 47.5 Å². The lowest BCUT2D eigenvalue weighted by Crippen LogP contribution is -2.41. The number of likely N-dealkylation sites (N-methyl/N-ethyl adjacent to an activating group) is 1. The highest BCUT2D eigenvalue weighted by Crippen LogP contribution is 2.49. The maximum atomic E-state index is 13.2. The Morgan fingerprint density at radius 1 is 0.339 bits per heavy atom. The van der Waals surface area contributed by atoms with Crippen molar-refractivity contribution in [2.24, 2.45) is 22.2 Å². The first kappa shape index (κ1) is 80.6. The molecule has 18 rings (SSSR count). The van der Waals surface area contributed by atoms with Gasteiger partial charge in [-0.05, 0) is 215 Å². The van der Waals surface area contributed by atoms with Crippen LogP contribution in [0.3, 0.4) is 0 Å². The van der Waals surface area contributed by atoms with Crippen molar-refractivity contribution in [3.63, 3.8) is 0 Å². The summed E-state index contributed by atoms with van der Waals surface area (Å²) >= 11 is 0. The van der Waals surface area contributed by atoms with E-state index in [9.17, 15) is 4.39 Å². The number of halogens is 1. The van der Waals surface area contributed by atoms with Crippen LogP contribution in [-0.4, -0.2) is 160 Å². The number of aliphatic imine (C=N–C) groups is 1. The first-order valence-electron chi connectivity index (χ1n) is 39.2. The van der Waals surface area contributed by atoms with Crippen molar-refractivity contribution < 1.29 is 4.39 Å². The summed E-state index contributed by atoms with van der Waals surface area (Å²) in [7, 11) is 6.25. The van der Waals surface area contributed by atoms with Crippen LogP contribution >= 0.6 is 0 Å². The summed E-state index contributed by atoms with van der Waals surface area (Å²) in [5, 5.41) is 0. The van der Waals surface area contributed by atoms with Gasteiger partial charge in [0.25, 0.3) is 0 Å². The quantitative estimate of drug-likeness (QED) is 0.0760. The van der Waals surface area contributed by atoms with E-state index < -0.39 is 5.95 Å². The van der Waals surface area contributed by atoms with Gasteiger partial charge in [-0.15, -0.1) is 0 Å². The zero-order valence-corrected chi connectivity index (χ0v) is 68.5. The first-order valence-corrected chi connectivity index (χ1v) is 39.2. The number of aromatic nitrogens is 9. The summed E-state index contributed by atoms with van der Waals surface area (Å²) in [6.45, 7) is 29.9. The Morgan fingerprint density at radius 3 is 1.17 bits per heavy atom. The number of hydrogen-bond donors (Lipinski definition) is 3. The molecule has 115 heavy (non-hydrogen) atoms. The molecule has 26 heteroatoms. The molecule has 0 spiro atoms. The molecule has 1 unspecified atom stereocenters. The van der Waals surface area contributed by atoms with Gasteiger partial charge in [-0.1, -0.05) is 30.0 Å². The van der Waals surface area contributed by atoms with Crippen LogP contribution in [0.15, 0.2) is 231 Å². The molecule has 0 radical (unpaired) electrons. The predicted molar refractivity (Wildman–Crippen MR) is 467 cm³/mol. The number of pyridine rings is 9. The van der Waals surface area contributed by atoms with Crippen LogP contribution in [0.1, 0.15) is 74.9 Å². The van der Waals surface area contributed by atoms with Gasteiger partial charge < -0.3 is 71.1 Å². The molecule has 1 fully saturated rings. The Bertz CT molecular complexity index is 5030. The van der Waals surface area contributed by atoms with Crippen molar-refractivity contribution in [2.75, 3.05) is 114 Å². The van der Waals surface area contributed by atoms with Crippen molar-refractivity contribution >= 4 is 97.3 Å². The minimum absolute atomic E-state index is 0.0737. The number of para-hydroxylation sites is 4. The van der Waals surface area contributed by atoms with E-state index in [2.05, 4.69) is 277 Å². The van der Waals surface area contributed by atoms with Gasteiger partial charge in [-0.2, -0.15) is 4.39 Å². The minimum Gasteiger partial charge on any atom is -0.353 e. The van der Waals surface area contributed by atoms with Crippen LogP contribution < -0.4 is 71.1 Å². The fraction of sp³-hybridized carbons (Fsp3) is 0.315. The van der Waals surface area contributed by atoms with Gasteiger partial charge in [0.1, 0.15) is 36.5 Å². The van der Waals surface area contributed by atoms with E-state index >= 15 is 0 Å². The second-order valence-corrected chi connectivity index (χ2v) is 29.4. The van der Waals surface area contributed by atoms with Crippen molar-refractivity contribution in [1.82, 2.24) is 49.8 Å². The summed E-state index contributed by atoms with van der Waals surface area (Å²) in [5.41, 5.74) is 45.9. The highest BCUT2D eigenvalue weighted by Gasteiger charge is 2.42. The average Bonchev–Trinajstić information content (AvgIpc) is 1.66. The zero-order valence-electron chi connectivity index (χ0n) is 68.5. The standard InChI is InChI=1S/C16H20N4.2C15H19N5.C15H17N3.C14H15FN4.C14H16N4/c1-12-7-9-18-11-16(12)20-13(2)19(10-8-17)14-5-3-4-6-15(14)20;1-11-3-6-17-9-14(11)20-12(2)19(8-5-16)15-10-18-7-4-13(15)20;1-11-5-8-17-10-14(11)20-12(2)19(9-6-16)15-13(20)4-3-7-18-15;1-11-8-9-16-10-15(11)18-12(2)17(3)13-6-4-5-7-14(13)18;1-9-6-14(15)17-8-12(9)19-10(2)18(3)13-7-16-5-4-11(13)19;1-10-6-8-15-9-13(10)18-11(2)17(3)14-12(18)5-4-7-16-14/h3-7,9,11,13H,8,10,17H2,1-2H3;3-4,6-7,9-10,12H,5,8,16H2,1-2H3;3-5,7-8,10,12H,6,9,16H2,1-2H3;4-10,12H,1-3H3;4-8,10H,1-3H3;4,6-9,11,14H,1-3H3/t13-;3*12-;10-;11-,14?/m000000/s1. The van der Waals surface area contributed by atoms with E-state index in [0.717, 1.165) is 93.6 Å². The summed E-state index contributed by atoms with van der Waals surface area (Å²) in [6.07, 6.45) is 34.7. The van der Waals surface area contributed by atoms with Gasteiger partial charge >= 0.3 is 0 Å². The number of nitrogens with zero attached hydrogens (tertiary/aromatic N) is 22. The largest absolute Gasteiger partial charge is 0.353 e. The third-order valence-electron chi connectivity index (χ3n) is 22.5. The van der Waals surface area contributed by atoms with E-state index in [1.807, 2.05) is 143 Å². The zero-order chi connectivity index (χ0) is 81.3. The predicted octanol–water partition coefficient (Wildman–Crippen LogP) is 14.9. The summed E-state index contributed by atoms with van der Waals surface area (Å²) in [5.74, 6) is 0.546. The Morgan fingerprint density at radius 2 is 0.696 bits per heavy atom. The number of rotatable bonds is 12. The van der Waals surface area contributed by atoms with Gasteiger partial charge in [-0.25, -0.2) is 9.97 Å². The molecule has 25 nitrogen and oxygen atoms in total. The number of nitrogens with two attached hydrogens (primary N) is 3. The van der Waals surface area contributed by atoms with Gasteiger partial charge in [0.05, 0.1) is 141 Å². The number of aryl methyl sites for hydroxylation is 6. The molecule has 0 saturated carbocycles. The fourth-order valence-corrected chi connectivity index (χ4v) is 16.2. The minimum atomic E-state index is -0.448. The van der Waals surface area contributed by atoms with E-state index in [1.165, 1.54) is 62.3 Å². The van der Waals surface area contributed by atoms with Gasteiger partial charge in [0, 0.05) is 109 Å². The smallest absolute Gasteiger partial charge is 0.213 e. The maximum absolute atomic E-state index is 13.2. The van der Waals surface area contributed by atoms with E-state index in [1.54, 1.807) is 12.4 Å². The van der Waals surface area contributed by atoms with Gasteiger partial charge in [0.2, 0.25) is 5.95 Å². The second kappa shape index (κ2) is 35.7. The van der Waals surface area contributed by atoms with Crippen LogP contribution in [0.2, 0.25) is 0 Å². The van der Waals surface area contributed by atoms with Gasteiger partial charge in [0.15, 0.2) is 12.0 Å². The third-order valence-corrected chi connectivity index (χ3v) is 22.5. The fourth-order valence-electron chi connectivity index (χ4n) is 16.2. The normalized spacial score (nSPS) is 19.0. The molecule has 2 aromatic carbocycles. The molecule has 7 aliphatic heterocycles. The lowest BCUT2D eigenvalue weighted by molar-refractivity contribution is 0.269. The average molecular weight is 1540 g/mol. The molecule has 0 aliphatic carbocycles. The van der Waals surface area contributed by atoms with Gasteiger partial charge in [-0.3, -0.25) is 44.8 Å². The molecular weight excluding hydrogens is 1440 g/mol. The summed E-state index contributed by atoms with van der Waals surface area (Å²) < 4.78 is 13.2. The Kier molecular flexibility index (Phi) is 25.0. The lowest BCUT2D eigenvalue weighted by atomic mass is 10.2. The number of anilines is 16. The van der Waals surface area contributed by atoms with Crippen LogP contribution in [0.25, 0.3) is 0 Å². The molecule has 7 atom stereocenters. The molecule has 0 amide bonds. The number of fused-ring (bicyclic) bond motifs is 6. The van der Waals surface area contributed by atoms with E-state index in [0.29, 0.717) is 25.8 Å². The van der Waals surface area contributed by atoms with Crippen LogP contribution in [0.5, 0.6) is 0 Å². The summed E-state index contributed by atoms with van der Waals surface area (Å²) in [4.78, 5) is 69.8. The van der Waals surface area contributed by atoms with E-state index in [-0.39, 0.29) is 37.0 Å². The molecule has 594 valence electrons. The van der Waals surface area contributed by atoms with Crippen molar-refractivity contribution in [2.45, 2.75) is 126 Å². The van der Waals surface area contributed by atoms with Crippen molar-refractivity contribution in [3.05, 3.63) is 265 Å². The highest BCUT2D eigenvalue weighted by molar-refractivity contribution is 5.88. The first-order chi connectivity index (χ1) is 55.7. The maximum Gasteiger partial charge on any atom is 0.213 e. The van der Waals surface area contributed by atoms with Crippen molar-refractivity contribution in [3.8, 4) is 0 Å². The molecule has 16 heterocycles. The lowest BCUT2D eigenvalue weighted by Gasteiger charge is -2.30. The second-order valence-electron chi connectivity index (χ2n) is 29.4. The topological polar surface area (TPSA) is 245 Å². The SMILES string of the molecule is Cc1cc(F)ncc1N1c2ccncc2N(C)[C@@H]1C.Cc1ccncc1N1C2=C=CC=NC2N(C)[C@@H]1C.Cc1ccncc1N1c2ccccc2N(C)[C@@H]1C.Cc1ccncc1N1c2ccccc2N(CCN)[C@@H]1C.Cc1ccncc1N1c2cccnc2N(CCN)[C@@H]1C.Cc1ccncc1N1c2ccncc2N(CCN)[C@@H]1C. The Balaban J connectivity index is 0.000000120. The number of hydrogen-bond acceptors (Lipinski definition) is 25. The molecule has 9 aromatic heterocycles. The molecule has 0 bridgehead atoms. The molecule has 11 aromatic rings. The molecule has 6 N–H and O–H groups in total. The monoisotopic (exact) mass is 1540 g/mol. The van der Waals surface area contributed by atoms with Crippen LogP contribution in [0.4, 0.5) is 95.5 Å². The molecule has 7 aliphatic rings. The third kappa shape index (κ3) is 16.0. The highest BCUT2D eigenvalue weighted by atomic mass is 19.1. The summed E-state index contributed by atoms with van der Waals surface area (Å²) in [6, 6.07) is 36.7.